The van der Waals surface area contributed by atoms with Crippen LogP contribution in [0.3, 0.4) is 0 Å². The predicted molar refractivity (Wildman–Crippen MR) is 28.5 cm³/mol. The molecule has 0 aromatic rings. The van der Waals surface area contributed by atoms with E-state index in [0.29, 0.717) is 4.99 Å². The van der Waals surface area contributed by atoms with Crippen LogP contribution < -0.4 is 5.32 Å². The molecule has 0 unspecified atom stereocenters. The maximum atomic E-state index is 8.04. The van der Waals surface area contributed by atoms with E-state index < -0.39 is 0 Å². The molecule has 0 aliphatic heterocycles. The van der Waals surface area contributed by atoms with Gasteiger partial charge in [-0.15, -0.1) is 0 Å². The van der Waals surface area contributed by atoms with Gasteiger partial charge < -0.3 is 10.4 Å². The van der Waals surface area contributed by atoms with E-state index in [4.69, 9.17) is 5.11 Å². The zero-order chi connectivity index (χ0) is 4.99. The van der Waals surface area contributed by atoms with Gasteiger partial charge in [0.2, 0.25) is 0 Å². The average molecular weight is 105 g/mol. The van der Waals surface area contributed by atoms with Gasteiger partial charge in [-0.25, -0.2) is 0 Å². The molecular weight excluding hydrogens is 98.1 g/mol. The second kappa shape index (κ2) is 3.06. The summed E-state index contributed by atoms with van der Waals surface area (Å²) in [5.41, 5.74) is 0. The minimum absolute atomic E-state index is 0.0602. The maximum absolute atomic E-state index is 8.04. The highest BCUT2D eigenvalue weighted by Crippen LogP contribution is 1.60. The third kappa shape index (κ3) is 3.85. The molecule has 0 amide bonds. The molecule has 0 fully saturated rings. The zero-order valence-electron chi connectivity index (χ0n) is 3.56. The Morgan fingerprint density at radius 3 is 2.50 bits per heavy atom. The summed E-state index contributed by atoms with van der Waals surface area (Å²) in [6.45, 7) is 1.65. The largest absolute Gasteiger partial charge is 0.377 e. The van der Waals surface area contributed by atoms with Crippen LogP contribution in [0.4, 0.5) is 0 Å². The Morgan fingerprint density at radius 2 is 2.50 bits per heavy atom. The van der Waals surface area contributed by atoms with Crippen LogP contribution >= 0.6 is 12.2 Å². The SMILES string of the molecule is CC(=S)NCO. The van der Waals surface area contributed by atoms with Crippen molar-refractivity contribution in [1.29, 1.82) is 0 Å². The van der Waals surface area contributed by atoms with Crippen LogP contribution in [0.15, 0.2) is 0 Å². The van der Waals surface area contributed by atoms with E-state index in [-0.39, 0.29) is 6.73 Å². The minimum atomic E-state index is -0.0602. The molecule has 36 valence electrons. The van der Waals surface area contributed by atoms with Gasteiger partial charge in [0.05, 0.1) is 4.99 Å². The lowest BCUT2D eigenvalue weighted by Crippen LogP contribution is -2.18. The molecule has 0 heterocycles. The summed E-state index contributed by atoms with van der Waals surface area (Å²) >= 11 is 4.52. The van der Waals surface area contributed by atoms with E-state index in [9.17, 15) is 0 Å². The van der Waals surface area contributed by atoms with Crippen molar-refractivity contribution >= 4 is 17.2 Å². The third-order valence-corrected chi connectivity index (χ3v) is 0.472. The van der Waals surface area contributed by atoms with E-state index in [1.807, 2.05) is 0 Å². The van der Waals surface area contributed by atoms with Crippen molar-refractivity contribution in [3.05, 3.63) is 0 Å². The lowest BCUT2D eigenvalue weighted by molar-refractivity contribution is 0.287. The molecule has 0 rings (SSSR count). The van der Waals surface area contributed by atoms with Crippen molar-refractivity contribution in [2.75, 3.05) is 6.73 Å². The van der Waals surface area contributed by atoms with Crippen LogP contribution in [0.5, 0.6) is 0 Å². The van der Waals surface area contributed by atoms with Gasteiger partial charge in [-0.05, 0) is 6.92 Å². The fraction of sp³-hybridized carbons (Fsp3) is 0.667. The molecule has 6 heavy (non-hydrogen) atoms. The highest BCUT2D eigenvalue weighted by Gasteiger charge is 1.74. The van der Waals surface area contributed by atoms with Gasteiger partial charge in [-0.3, -0.25) is 0 Å². The number of hydrogen-bond acceptors (Lipinski definition) is 2. The summed E-state index contributed by atoms with van der Waals surface area (Å²) in [6.07, 6.45) is 0. The van der Waals surface area contributed by atoms with Crippen molar-refractivity contribution < 1.29 is 5.11 Å². The topological polar surface area (TPSA) is 32.3 Å². The van der Waals surface area contributed by atoms with E-state index in [1.54, 1.807) is 6.92 Å². The monoisotopic (exact) mass is 105 g/mol. The molecular formula is C3H7NOS. The summed E-state index contributed by atoms with van der Waals surface area (Å²) < 4.78 is 0. The molecule has 0 aromatic carbocycles. The van der Waals surface area contributed by atoms with Gasteiger partial charge in [0, 0.05) is 0 Å². The summed E-state index contributed by atoms with van der Waals surface area (Å²) in [5.74, 6) is 0. The van der Waals surface area contributed by atoms with Gasteiger partial charge in [-0.2, -0.15) is 0 Å². The lowest BCUT2D eigenvalue weighted by atomic mass is 10.8. The Balaban J connectivity index is 2.83. The fourth-order valence-corrected chi connectivity index (χ4v) is 0.176. The molecule has 2 N–H and O–H groups in total. The van der Waals surface area contributed by atoms with Crippen LogP contribution in [-0.2, 0) is 0 Å². The van der Waals surface area contributed by atoms with Crippen LogP contribution in [-0.4, -0.2) is 16.8 Å². The molecule has 2 nitrogen and oxygen atoms in total. The van der Waals surface area contributed by atoms with Crippen molar-refractivity contribution in [3.63, 3.8) is 0 Å². The number of aliphatic hydroxyl groups excluding tert-OH is 1. The van der Waals surface area contributed by atoms with Crippen LogP contribution in [0, 0.1) is 0 Å². The van der Waals surface area contributed by atoms with Crippen molar-refractivity contribution in [1.82, 2.24) is 5.32 Å². The van der Waals surface area contributed by atoms with Crippen molar-refractivity contribution in [2.24, 2.45) is 0 Å². The molecule has 0 spiro atoms. The molecule has 0 bridgehead atoms. The Kier molecular flexibility index (Phi) is 2.98. The first-order chi connectivity index (χ1) is 2.77. The van der Waals surface area contributed by atoms with E-state index in [2.05, 4.69) is 17.5 Å². The molecule has 0 saturated carbocycles. The highest BCUT2D eigenvalue weighted by molar-refractivity contribution is 7.80. The Bertz CT molecular complexity index is 54.8. The normalized spacial score (nSPS) is 7.67. The summed E-state index contributed by atoms with van der Waals surface area (Å²) in [7, 11) is 0. The minimum Gasteiger partial charge on any atom is -0.377 e. The van der Waals surface area contributed by atoms with E-state index in [1.165, 1.54) is 0 Å². The lowest BCUT2D eigenvalue weighted by Gasteiger charge is -1.92. The molecule has 0 aliphatic rings. The van der Waals surface area contributed by atoms with Gasteiger partial charge in [-0.1, -0.05) is 12.2 Å². The van der Waals surface area contributed by atoms with Crippen molar-refractivity contribution in [3.8, 4) is 0 Å². The summed E-state index contributed by atoms with van der Waals surface area (Å²) in [4.78, 5) is 0.623. The molecule has 3 heteroatoms. The fourth-order valence-electron chi connectivity index (χ4n) is 0.111. The molecule has 0 atom stereocenters. The summed E-state index contributed by atoms with van der Waals surface area (Å²) in [5, 5.41) is 10.5. The highest BCUT2D eigenvalue weighted by atomic mass is 32.1. The van der Waals surface area contributed by atoms with Gasteiger partial charge in [0.25, 0.3) is 0 Å². The van der Waals surface area contributed by atoms with Crippen molar-refractivity contribution in [2.45, 2.75) is 6.92 Å². The Morgan fingerprint density at radius 1 is 2.00 bits per heavy atom. The van der Waals surface area contributed by atoms with Crippen LogP contribution in [0.25, 0.3) is 0 Å². The second-order valence-corrected chi connectivity index (χ2v) is 1.50. The first kappa shape index (κ1) is 5.85. The molecule has 0 aromatic heterocycles. The van der Waals surface area contributed by atoms with Crippen LogP contribution in [0.1, 0.15) is 6.92 Å². The van der Waals surface area contributed by atoms with E-state index >= 15 is 0 Å². The third-order valence-electron chi connectivity index (χ3n) is 0.328. The number of hydrogen-bond donors (Lipinski definition) is 2. The zero-order valence-corrected chi connectivity index (χ0v) is 4.38. The second-order valence-electron chi connectivity index (χ2n) is 0.891. The Hall–Kier alpha value is -0.150. The van der Waals surface area contributed by atoms with E-state index in [0.717, 1.165) is 0 Å². The smallest absolute Gasteiger partial charge is 0.113 e. The number of nitrogens with one attached hydrogen (secondary N) is 1. The standard InChI is InChI=1S/C3H7NOS/c1-3(6)4-2-5/h5H,2H2,1H3,(H,4,6). The number of thiocarbonyl (C=S) groups is 1. The molecule has 0 saturated heterocycles. The van der Waals surface area contributed by atoms with Gasteiger partial charge in [0.15, 0.2) is 0 Å². The Labute approximate surface area is 42.2 Å². The maximum Gasteiger partial charge on any atom is 0.113 e. The predicted octanol–water partition coefficient (Wildman–Crippen LogP) is -0.127. The van der Waals surface area contributed by atoms with Crippen LogP contribution in [0.2, 0.25) is 0 Å². The van der Waals surface area contributed by atoms with Gasteiger partial charge >= 0.3 is 0 Å². The number of aliphatic hydroxyl groups is 1. The summed E-state index contributed by atoms with van der Waals surface area (Å²) in [6, 6.07) is 0. The first-order valence-electron chi connectivity index (χ1n) is 1.62. The molecule has 0 radical (unpaired) electrons. The average Bonchev–Trinajstić information content (AvgIpc) is 1.35. The number of rotatable bonds is 1. The molecule has 0 aliphatic carbocycles. The quantitative estimate of drug-likeness (QED) is 0.360. The first-order valence-corrected chi connectivity index (χ1v) is 2.03. The van der Waals surface area contributed by atoms with Gasteiger partial charge in [0.1, 0.15) is 6.73 Å².